The molecule has 0 atom stereocenters. The Morgan fingerprint density at radius 2 is 1.92 bits per heavy atom. The monoisotopic (exact) mass is 372 g/mol. The molecule has 6 nitrogen and oxygen atoms in total. The maximum atomic E-state index is 12.7. The van der Waals surface area contributed by atoms with Crippen molar-refractivity contribution >= 4 is 34.1 Å². The van der Waals surface area contributed by atoms with Gasteiger partial charge in [0.15, 0.2) is 0 Å². The zero-order valence-electron chi connectivity index (χ0n) is 14.5. The molecule has 0 aliphatic rings. The van der Waals surface area contributed by atoms with Gasteiger partial charge >= 0.3 is 0 Å². The lowest BCUT2D eigenvalue weighted by atomic mass is 10.1. The second-order valence-corrected chi connectivity index (χ2v) is 6.05. The molecule has 134 valence electrons. The first kappa shape index (κ1) is 17.8. The van der Waals surface area contributed by atoms with E-state index in [0.29, 0.717) is 33.1 Å². The molecule has 26 heavy (non-hydrogen) atoms. The van der Waals surface area contributed by atoms with Crippen LogP contribution < -0.4 is 20.2 Å². The molecule has 0 fully saturated rings. The lowest BCUT2D eigenvalue weighted by Crippen LogP contribution is -2.22. The van der Waals surface area contributed by atoms with Crippen LogP contribution >= 0.6 is 11.6 Å². The summed E-state index contributed by atoms with van der Waals surface area (Å²) < 4.78 is 10.4. The van der Waals surface area contributed by atoms with Crippen LogP contribution in [0.15, 0.2) is 41.3 Å². The number of fused-ring (bicyclic) bond motifs is 1. The van der Waals surface area contributed by atoms with Gasteiger partial charge < -0.3 is 19.8 Å². The Labute approximate surface area is 154 Å². The van der Waals surface area contributed by atoms with E-state index >= 15 is 0 Å². The van der Waals surface area contributed by atoms with Crippen molar-refractivity contribution in [2.24, 2.45) is 0 Å². The Hall–Kier alpha value is -2.99. The minimum absolute atomic E-state index is 0.00269. The topological polar surface area (TPSA) is 80.4 Å². The highest BCUT2D eigenvalue weighted by molar-refractivity contribution is 6.32. The number of benzene rings is 2. The molecule has 1 aromatic heterocycles. The van der Waals surface area contributed by atoms with Crippen molar-refractivity contribution in [3.8, 4) is 11.5 Å². The molecular weight excluding hydrogens is 356 g/mol. The first-order chi connectivity index (χ1) is 12.5. The molecule has 2 N–H and O–H groups in total. The van der Waals surface area contributed by atoms with Gasteiger partial charge in [-0.25, -0.2) is 0 Å². The first-order valence-corrected chi connectivity index (χ1v) is 8.18. The van der Waals surface area contributed by atoms with E-state index in [9.17, 15) is 9.59 Å². The molecule has 0 spiro atoms. The number of nitrogens with one attached hydrogen (secondary N) is 2. The zero-order chi connectivity index (χ0) is 18.8. The fourth-order valence-electron chi connectivity index (χ4n) is 2.68. The van der Waals surface area contributed by atoms with Gasteiger partial charge in [0.05, 0.1) is 25.4 Å². The Morgan fingerprint density at radius 3 is 2.62 bits per heavy atom. The third-order valence-corrected chi connectivity index (χ3v) is 4.56. The van der Waals surface area contributed by atoms with Crippen LogP contribution in [0.25, 0.3) is 10.9 Å². The van der Waals surface area contributed by atoms with Gasteiger partial charge in [0.2, 0.25) is 5.43 Å². The third kappa shape index (κ3) is 3.11. The number of amides is 1. The number of ether oxygens (including phenoxy) is 2. The number of aryl methyl sites for hydroxylation is 1. The number of rotatable bonds is 4. The van der Waals surface area contributed by atoms with E-state index in [0.717, 1.165) is 5.56 Å². The van der Waals surface area contributed by atoms with Crippen molar-refractivity contribution in [3.63, 3.8) is 0 Å². The molecule has 7 heteroatoms. The number of aromatic amines is 1. The van der Waals surface area contributed by atoms with Crippen molar-refractivity contribution in [1.82, 2.24) is 4.98 Å². The highest BCUT2D eigenvalue weighted by Gasteiger charge is 2.16. The highest BCUT2D eigenvalue weighted by atomic mass is 35.5. The molecule has 0 bridgehead atoms. The summed E-state index contributed by atoms with van der Waals surface area (Å²) in [5, 5.41) is 3.65. The van der Waals surface area contributed by atoms with Crippen LogP contribution in [0.4, 0.5) is 5.69 Å². The van der Waals surface area contributed by atoms with E-state index in [1.165, 1.54) is 20.4 Å². The van der Waals surface area contributed by atoms with Crippen molar-refractivity contribution in [3.05, 3.63) is 62.9 Å². The minimum atomic E-state index is -0.538. The van der Waals surface area contributed by atoms with Crippen molar-refractivity contribution in [2.75, 3.05) is 19.5 Å². The van der Waals surface area contributed by atoms with Crippen molar-refractivity contribution in [1.29, 1.82) is 0 Å². The van der Waals surface area contributed by atoms with Crippen LogP contribution in [0, 0.1) is 6.92 Å². The number of H-pyrrole nitrogens is 1. The van der Waals surface area contributed by atoms with Crippen molar-refractivity contribution < 1.29 is 14.3 Å². The van der Waals surface area contributed by atoms with Crippen molar-refractivity contribution in [2.45, 2.75) is 6.92 Å². The van der Waals surface area contributed by atoms with Gasteiger partial charge in [-0.2, -0.15) is 0 Å². The zero-order valence-corrected chi connectivity index (χ0v) is 15.2. The Kier molecular flexibility index (Phi) is 4.86. The fourth-order valence-corrected chi connectivity index (χ4v) is 2.83. The quantitative estimate of drug-likeness (QED) is 0.730. The summed E-state index contributed by atoms with van der Waals surface area (Å²) in [7, 11) is 3.02. The predicted molar refractivity (Wildman–Crippen MR) is 102 cm³/mol. The molecule has 0 aliphatic heterocycles. The summed E-state index contributed by atoms with van der Waals surface area (Å²) >= 11 is 6.08. The molecule has 3 aromatic rings. The van der Waals surface area contributed by atoms with Crippen LogP contribution in [0.1, 0.15) is 15.9 Å². The number of carbonyl (C=O) groups is 1. The number of pyridine rings is 1. The normalized spacial score (nSPS) is 10.6. The van der Waals surface area contributed by atoms with Gasteiger partial charge in [0.1, 0.15) is 17.1 Å². The molecule has 1 heterocycles. The van der Waals surface area contributed by atoms with E-state index in [-0.39, 0.29) is 11.0 Å². The average Bonchev–Trinajstić information content (AvgIpc) is 2.65. The summed E-state index contributed by atoms with van der Waals surface area (Å²) in [6.07, 6.45) is 1.39. The molecule has 0 radical (unpaired) electrons. The first-order valence-electron chi connectivity index (χ1n) is 7.80. The number of anilines is 1. The van der Waals surface area contributed by atoms with Crippen LogP contribution in [0.5, 0.6) is 11.5 Å². The molecule has 3 rings (SSSR count). The van der Waals surface area contributed by atoms with E-state index < -0.39 is 5.91 Å². The third-order valence-electron chi connectivity index (χ3n) is 4.15. The fraction of sp³-hybridized carbons (Fsp3) is 0.158. The number of hydrogen-bond donors (Lipinski definition) is 2. The predicted octanol–water partition coefficient (Wildman–Crippen LogP) is 3.76. The summed E-state index contributed by atoms with van der Waals surface area (Å²) in [6, 6.07) is 8.23. The second-order valence-electron chi connectivity index (χ2n) is 5.65. The Balaban J connectivity index is 2.00. The number of hydrogen-bond acceptors (Lipinski definition) is 4. The maximum Gasteiger partial charge on any atom is 0.261 e. The lowest BCUT2D eigenvalue weighted by molar-refractivity contribution is 0.102. The molecular formula is C19H17ClN2O4. The minimum Gasteiger partial charge on any atom is -0.497 e. The molecule has 0 saturated carbocycles. The maximum absolute atomic E-state index is 12.7. The largest absolute Gasteiger partial charge is 0.497 e. The Bertz CT molecular complexity index is 1060. The summed E-state index contributed by atoms with van der Waals surface area (Å²) in [4.78, 5) is 28.3. The van der Waals surface area contributed by atoms with E-state index in [1.54, 1.807) is 30.3 Å². The van der Waals surface area contributed by atoms with Gasteiger partial charge in [-0.1, -0.05) is 11.6 Å². The van der Waals surface area contributed by atoms with Gasteiger partial charge in [0.25, 0.3) is 5.91 Å². The van der Waals surface area contributed by atoms with Crippen LogP contribution in [-0.4, -0.2) is 25.1 Å². The second kappa shape index (κ2) is 7.09. The van der Waals surface area contributed by atoms with Crippen LogP contribution in [0.3, 0.4) is 0 Å². The summed E-state index contributed by atoms with van der Waals surface area (Å²) in [5.41, 5.74) is 1.43. The molecule has 2 aromatic carbocycles. The lowest BCUT2D eigenvalue weighted by Gasteiger charge is -2.12. The summed E-state index contributed by atoms with van der Waals surface area (Å²) in [5.74, 6) is 0.484. The van der Waals surface area contributed by atoms with Crippen LogP contribution in [-0.2, 0) is 0 Å². The van der Waals surface area contributed by atoms with Gasteiger partial charge in [-0.05, 0) is 36.8 Å². The van der Waals surface area contributed by atoms with Gasteiger partial charge in [0, 0.05) is 22.7 Å². The van der Waals surface area contributed by atoms with E-state index in [1.807, 2.05) is 6.92 Å². The van der Waals surface area contributed by atoms with E-state index in [2.05, 4.69) is 10.3 Å². The summed E-state index contributed by atoms with van der Waals surface area (Å²) in [6.45, 7) is 1.81. The molecule has 1 amide bonds. The number of aromatic nitrogens is 1. The molecule has 0 aliphatic carbocycles. The number of methoxy groups -OCH3 is 2. The molecule has 0 saturated heterocycles. The molecule has 0 unspecified atom stereocenters. The smallest absolute Gasteiger partial charge is 0.261 e. The number of carbonyl (C=O) groups excluding carboxylic acids is 1. The average molecular weight is 373 g/mol. The SMILES string of the molecule is COc1ccc(NC(=O)c2c[nH]c3c(C)c(Cl)ccc3c2=O)c(OC)c1. The standard InChI is InChI=1S/C19H17ClN2O4/c1-10-14(20)6-5-12-17(10)21-9-13(18(12)23)19(24)22-15-7-4-11(25-2)8-16(15)26-3/h4-9H,1-3H3,(H,21,23)(H,22,24). The highest BCUT2D eigenvalue weighted by Crippen LogP contribution is 2.29. The van der Waals surface area contributed by atoms with E-state index in [4.69, 9.17) is 21.1 Å². The van der Waals surface area contributed by atoms with Crippen LogP contribution in [0.2, 0.25) is 5.02 Å². The van der Waals surface area contributed by atoms with Gasteiger partial charge in [-0.15, -0.1) is 0 Å². The number of halogens is 1. The van der Waals surface area contributed by atoms with Gasteiger partial charge in [-0.3, -0.25) is 9.59 Å². The Morgan fingerprint density at radius 1 is 1.15 bits per heavy atom.